The van der Waals surface area contributed by atoms with Crippen molar-refractivity contribution in [1.82, 2.24) is 0 Å². The summed E-state index contributed by atoms with van der Waals surface area (Å²) in [4.78, 5) is 22.7. The van der Waals surface area contributed by atoms with E-state index < -0.39 is 10.7 Å². The second-order valence-corrected chi connectivity index (χ2v) is 5.34. The lowest BCUT2D eigenvalue weighted by Crippen LogP contribution is -2.03. The van der Waals surface area contributed by atoms with Crippen LogP contribution in [0.3, 0.4) is 0 Å². The number of ketones is 1. The maximum atomic E-state index is 12.4. The number of hydrogen-bond acceptors (Lipinski definition) is 5. The first kappa shape index (κ1) is 18.2. The van der Waals surface area contributed by atoms with Crippen LogP contribution in [0.2, 0.25) is 5.02 Å². The largest absolute Gasteiger partial charge is 0.492 e. The van der Waals surface area contributed by atoms with E-state index in [-0.39, 0.29) is 16.8 Å². The van der Waals surface area contributed by atoms with Crippen LogP contribution >= 0.6 is 11.6 Å². The highest BCUT2D eigenvalue weighted by atomic mass is 35.5. The van der Waals surface area contributed by atoms with Gasteiger partial charge in [0.15, 0.2) is 0 Å². The minimum Gasteiger partial charge on any atom is -0.492 e. The number of non-ortho nitro benzene ring substituents is 1. The Morgan fingerprint density at radius 2 is 2.12 bits per heavy atom. The third-order valence-corrected chi connectivity index (χ3v) is 3.55. The highest BCUT2D eigenvalue weighted by Gasteiger charge is 2.16. The van der Waals surface area contributed by atoms with E-state index in [0.717, 1.165) is 6.07 Å². The van der Waals surface area contributed by atoms with Crippen molar-refractivity contribution in [2.75, 3.05) is 6.61 Å². The topological polar surface area (TPSA) is 93.2 Å². The lowest BCUT2D eigenvalue weighted by Gasteiger charge is -2.06. The van der Waals surface area contributed by atoms with Gasteiger partial charge in [0.2, 0.25) is 5.78 Å². The van der Waals surface area contributed by atoms with Crippen molar-refractivity contribution in [3.8, 4) is 11.8 Å². The van der Waals surface area contributed by atoms with Gasteiger partial charge in [-0.1, -0.05) is 29.8 Å². The van der Waals surface area contributed by atoms with Crippen LogP contribution < -0.4 is 4.74 Å². The number of halogens is 1. The summed E-state index contributed by atoms with van der Waals surface area (Å²) >= 11 is 6.09. The lowest BCUT2D eigenvalue weighted by atomic mass is 10.0. The van der Waals surface area contributed by atoms with E-state index >= 15 is 0 Å². The maximum absolute atomic E-state index is 12.4. The minimum absolute atomic E-state index is 0.0685. The predicted octanol–water partition coefficient (Wildman–Crippen LogP) is 4.44. The van der Waals surface area contributed by atoms with Crippen molar-refractivity contribution in [2.45, 2.75) is 6.92 Å². The molecule has 0 N–H and O–H groups in total. The van der Waals surface area contributed by atoms with Gasteiger partial charge >= 0.3 is 0 Å². The van der Waals surface area contributed by atoms with Gasteiger partial charge in [0, 0.05) is 17.7 Å². The summed E-state index contributed by atoms with van der Waals surface area (Å²) < 4.78 is 5.33. The van der Waals surface area contributed by atoms with Crippen molar-refractivity contribution >= 4 is 29.1 Å². The van der Waals surface area contributed by atoms with Crippen LogP contribution in [0.25, 0.3) is 6.08 Å². The van der Waals surface area contributed by atoms with Crippen molar-refractivity contribution in [2.24, 2.45) is 0 Å². The van der Waals surface area contributed by atoms with Gasteiger partial charge in [-0.15, -0.1) is 0 Å². The van der Waals surface area contributed by atoms with Gasteiger partial charge in [0.05, 0.1) is 16.6 Å². The molecule has 0 unspecified atom stereocenters. The van der Waals surface area contributed by atoms with E-state index in [4.69, 9.17) is 16.3 Å². The zero-order valence-electron chi connectivity index (χ0n) is 13.2. The zero-order valence-corrected chi connectivity index (χ0v) is 14.0. The predicted molar refractivity (Wildman–Crippen MR) is 93.6 cm³/mol. The summed E-state index contributed by atoms with van der Waals surface area (Å²) in [5.41, 5.74) is 0.246. The Morgan fingerprint density at radius 1 is 1.36 bits per heavy atom. The van der Waals surface area contributed by atoms with Crippen molar-refractivity contribution in [1.29, 1.82) is 5.26 Å². The summed E-state index contributed by atoms with van der Waals surface area (Å²) in [7, 11) is 0. The smallest absolute Gasteiger partial charge is 0.270 e. The molecule has 0 heterocycles. The average Bonchev–Trinajstić information content (AvgIpc) is 2.61. The number of allylic oxidation sites excluding steroid dienone is 1. The maximum Gasteiger partial charge on any atom is 0.270 e. The second-order valence-electron chi connectivity index (χ2n) is 4.93. The van der Waals surface area contributed by atoms with Crippen LogP contribution in [0.15, 0.2) is 48.0 Å². The van der Waals surface area contributed by atoms with Gasteiger partial charge in [-0.2, -0.15) is 5.26 Å². The quantitative estimate of drug-likeness (QED) is 0.251. The fourth-order valence-corrected chi connectivity index (χ4v) is 2.35. The third-order valence-electron chi connectivity index (χ3n) is 3.25. The first-order valence-corrected chi connectivity index (χ1v) is 7.67. The molecule has 7 heteroatoms. The molecule has 0 bridgehead atoms. The minimum atomic E-state index is -0.601. The van der Waals surface area contributed by atoms with E-state index in [1.807, 2.05) is 13.0 Å². The number of rotatable bonds is 6. The van der Waals surface area contributed by atoms with Crippen molar-refractivity contribution < 1.29 is 14.5 Å². The van der Waals surface area contributed by atoms with E-state index in [2.05, 4.69) is 0 Å². The highest BCUT2D eigenvalue weighted by Crippen LogP contribution is 2.27. The number of nitriles is 1. The Morgan fingerprint density at radius 3 is 2.72 bits per heavy atom. The molecule has 0 aliphatic heterocycles. The lowest BCUT2D eigenvalue weighted by molar-refractivity contribution is -0.384. The summed E-state index contributed by atoms with van der Waals surface area (Å²) in [6, 6.07) is 11.9. The molecule has 0 atom stereocenters. The Hall–Kier alpha value is -3.17. The van der Waals surface area contributed by atoms with Gasteiger partial charge in [-0.25, -0.2) is 0 Å². The first-order valence-electron chi connectivity index (χ1n) is 7.29. The number of Topliss-reactive ketones (excluding diaryl/α,β-unsaturated/α-hetero) is 1. The van der Waals surface area contributed by atoms with Crippen molar-refractivity contribution in [3.05, 3.63) is 74.3 Å². The number of carbonyl (C=O) groups is 1. The van der Waals surface area contributed by atoms with E-state index in [0.29, 0.717) is 22.9 Å². The normalized spacial score (nSPS) is 10.8. The van der Waals surface area contributed by atoms with Crippen LogP contribution in [0, 0.1) is 21.4 Å². The van der Waals surface area contributed by atoms with Crippen LogP contribution in [0.5, 0.6) is 5.75 Å². The molecule has 0 saturated heterocycles. The highest BCUT2D eigenvalue weighted by molar-refractivity contribution is 6.32. The molecule has 126 valence electrons. The molecule has 2 rings (SSSR count). The molecule has 0 aromatic heterocycles. The molecule has 0 aliphatic rings. The molecule has 0 amide bonds. The molecule has 0 saturated carbocycles. The summed E-state index contributed by atoms with van der Waals surface area (Å²) in [6.45, 7) is 2.29. The van der Waals surface area contributed by atoms with Gasteiger partial charge in [0.1, 0.15) is 17.4 Å². The number of nitro benzene ring substituents is 1. The van der Waals surface area contributed by atoms with Crippen LogP contribution in [-0.4, -0.2) is 17.3 Å². The van der Waals surface area contributed by atoms with Gasteiger partial charge in [0.25, 0.3) is 5.69 Å². The summed E-state index contributed by atoms with van der Waals surface area (Å²) in [5, 5.41) is 20.4. The fraction of sp³-hybridized carbons (Fsp3) is 0.111. The monoisotopic (exact) mass is 356 g/mol. The molecular weight excluding hydrogens is 344 g/mol. The number of benzene rings is 2. The first-order chi connectivity index (χ1) is 12.0. The molecule has 2 aromatic rings. The zero-order chi connectivity index (χ0) is 18.4. The molecule has 0 spiro atoms. The Labute approximate surface area is 149 Å². The van der Waals surface area contributed by atoms with Crippen molar-refractivity contribution in [3.63, 3.8) is 0 Å². The van der Waals surface area contributed by atoms with E-state index in [1.54, 1.807) is 18.2 Å². The third kappa shape index (κ3) is 4.43. The van der Waals surface area contributed by atoms with Gasteiger partial charge < -0.3 is 4.74 Å². The molecule has 2 aromatic carbocycles. The Balaban J connectivity index is 2.36. The van der Waals surface area contributed by atoms with Crippen LogP contribution in [-0.2, 0) is 0 Å². The van der Waals surface area contributed by atoms with Gasteiger partial charge in [-0.3, -0.25) is 14.9 Å². The summed E-state index contributed by atoms with van der Waals surface area (Å²) in [5.74, 6) is -0.0963. The molecule has 6 nitrogen and oxygen atoms in total. The Kier molecular flexibility index (Phi) is 5.88. The molecule has 0 aliphatic carbocycles. The number of nitro groups is 1. The van der Waals surface area contributed by atoms with Crippen LogP contribution in [0.4, 0.5) is 5.69 Å². The van der Waals surface area contributed by atoms with Gasteiger partial charge in [-0.05, 0) is 30.7 Å². The standard InChI is InChI=1S/C18H13ClN2O4/c1-2-25-17-7-6-12(9-16(17)19)8-14(11-20)18(22)13-4-3-5-15(10-13)21(23)24/h3-10H,2H2,1H3/b14-8+. The average molecular weight is 357 g/mol. The fourth-order valence-electron chi connectivity index (χ4n) is 2.11. The van der Waals surface area contributed by atoms with Crippen LogP contribution in [0.1, 0.15) is 22.8 Å². The molecular formula is C18H13ClN2O4. The second kappa shape index (κ2) is 8.08. The number of hydrogen-bond donors (Lipinski definition) is 0. The molecule has 25 heavy (non-hydrogen) atoms. The Bertz CT molecular complexity index is 900. The summed E-state index contributed by atoms with van der Waals surface area (Å²) in [6.07, 6.45) is 1.38. The number of ether oxygens (including phenoxy) is 1. The van der Waals surface area contributed by atoms with E-state index in [1.165, 1.54) is 24.3 Å². The number of nitrogens with zero attached hydrogens (tertiary/aromatic N) is 2. The SMILES string of the molecule is CCOc1ccc(/C=C(\C#N)C(=O)c2cccc([N+](=O)[O-])c2)cc1Cl. The molecule has 0 radical (unpaired) electrons. The molecule has 0 fully saturated rings. The van der Waals surface area contributed by atoms with E-state index in [9.17, 15) is 20.2 Å². The number of carbonyl (C=O) groups excluding carboxylic acids is 1.